The molecule has 0 fully saturated rings. The first-order valence-electron chi connectivity index (χ1n) is 3.39. The fraction of sp³-hybridized carbons (Fsp3) is 0.125. The fourth-order valence-electron chi connectivity index (χ4n) is 0.874. The summed E-state index contributed by atoms with van der Waals surface area (Å²) in [6, 6.07) is 3.41. The number of benzene rings is 1. The van der Waals surface area contributed by atoms with Crippen LogP contribution in [0.2, 0.25) is 5.02 Å². The zero-order valence-corrected chi connectivity index (χ0v) is 9.96. The van der Waals surface area contributed by atoms with Crippen molar-refractivity contribution in [3.8, 4) is 5.75 Å². The largest absolute Gasteiger partial charge is 0.495 e. The number of hydrogen-bond donors (Lipinski definition) is 1. The van der Waals surface area contributed by atoms with Crippen molar-refractivity contribution in [1.29, 1.82) is 0 Å². The second kappa shape index (κ2) is 4.26. The zero-order valence-electron chi connectivity index (χ0n) is 6.80. The molecule has 0 amide bonds. The lowest BCUT2D eigenvalue weighted by Crippen LogP contribution is -2.10. The molecule has 0 aliphatic heterocycles. The maximum Gasteiger partial charge on any atom is 0.138 e. The van der Waals surface area contributed by atoms with Crippen molar-refractivity contribution in [2.45, 2.75) is 0 Å². The third kappa shape index (κ3) is 2.33. The Bertz CT molecular complexity index is 356. The number of methoxy groups -OCH3 is 1. The average Bonchev–Trinajstić information content (AvgIpc) is 2.03. The van der Waals surface area contributed by atoms with Crippen LogP contribution in [0.3, 0.4) is 0 Å². The van der Waals surface area contributed by atoms with Gasteiger partial charge in [0.05, 0.1) is 12.1 Å². The highest BCUT2D eigenvalue weighted by molar-refractivity contribution is 9.10. The predicted octanol–water partition coefficient (Wildman–Crippen LogP) is 2.75. The van der Waals surface area contributed by atoms with Gasteiger partial charge in [0.15, 0.2) is 0 Å². The summed E-state index contributed by atoms with van der Waals surface area (Å²) in [4.78, 5) is 0.307. The topological polar surface area (TPSA) is 35.2 Å². The van der Waals surface area contributed by atoms with Crippen molar-refractivity contribution in [3.63, 3.8) is 0 Å². The van der Waals surface area contributed by atoms with Crippen molar-refractivity contribution >= 4 is 44.7 Å². The van der Waals surface area contributed by atoms with Crippen LogP contribution in [0.4, 0.5) is 0 Å². The summed E-state index contributed by atoms with van der Waals surface area (Å²) in [5, 5.41) is 0.523. The first kappa shape index (κ1) is 10.8. The van der Waals surface area contributed by atoms with Crippen LogP contribution < -0.4 is 10.5 Å². The predicted molar refractivity (Wildman–Crippen MR) is 61.6 cm³/mol. The van der Waals surface area contributed by atoms with Crippen LogP contribution in [0, 0.1) is 0 Å². The summed E-state index contributed by atoms with van der Waals surface area (Å²) in [6.07, 6.45) is 0. The SMILES string of the molecule is COc1cc(C(N)=S)c(Br)cc1Cl. The Morgan fingerprint density at radius 3 is 2.69 bits per heavy atom. The number of ether oxygens (including phenoxy) is 1. The lowest BCUT2D eigenvalue weighted by atomic mass is 10.2. The summed E-state index contributed by atoms with van der Waals surface area (Å²) in [5.74, 6) is 0.563. The van der Waals surface area contributed by atoms with E-state index < -0.39 is 0 Å². The van der Waals surface area contributed by atoms with E-state index in [-0.39, 0.29) is 0 Å². The highest BCUT2D eigenvalue weighted by atomic mass is 79.9. The molecule has 1 aromatic carbocycles. The third-order valence-corrected chi connectivity index (χ3v) is 2.68. The standard InChI is InChI=1S/C8H7BrClNOS/c1-12-7-2-4(8(11)13)5(9)3-6(7)10/h2-3H,1H3,(H2,11,13). The molecule has 70 valence electrons. The quantitative estimate of drug-likeness (QED) is 0.846. The molecule has 0 saturated heterocycles. The molecule has 0 aliphatic rings. The van der Waals surface area contributed by atoms with E-state index in [2.05, 4.69) is 15.9 Å². The third-order valence-electron chi connectivity index (χ3n) is 1.51. The first-order chi connectivity index (χ1) is 6.06. The van der Waals surface area contributed by atoms with Crippen LogP contribution in [0.5, 0.6) is 5.75 Å². The van der Waals surface area contributed by atoms with Crippen LogP contribution in [0.1, 0.15) is 5.56 Å². The van der Waals surface area contributed by atoms with Crippen LogP contribution in [-0.2, 0) is 0 Å². The van der Waals surface area contributed by atoms with Crippen LogP contribution in [0.25, 0.3) is 0 Å². The minimum atomic E-state index is 0.307. The Morgan fingerprint density at radius 2 is 2.23 bits per heavy atom. The van der Waals surface area contributed by atoms with Crippen LogP contribution in [-0.4, -0.2) is 12.1 Å². The molecule has 5 heteroatoms. The number of thiocarbonyl (C=S) groups is 1. The molecular weight excluding hydrogens is 274 g/mol. The van der Waals surface area contributed by atoms with E-state index in [9.17, 15) is 0 Å². The fourth-order valence-corrected chi connectivity index (χ4v) is 2.10. The molecule has 0 spiro atoms. The van der Waals surface area contributed by atoms with Crippen LogP contribution in [0.15, 0.2) is 16.6 Å². The van der Waals surface area contributed by atoms with Gasteiger partial charge in [-0.05, 0) is 12.1 Å². The first-order valence-corrected chi connectivity index (χ1v) is 4.97. The van der Waals surface area contributed by atoms with Gasteiger partial charge in [-0.25, -0.2) is 0 Å². The summed E-state index contributed by atoms with van der Waals surface area (Å²) < 4.78 is 5.79. The van der Waals surface area contributed by atoms with Gasteiger partial charge in [-0.1, -0.05) is 39.7 Å². The Labute approximate surface area is 95.1 Å². The highest BCUT2D eigenvalue weighted by Crippen LogP contribution is 2.30. The number of halogens is 2. The average molecular weight is 281 g/mol. The van der Waals surface area contributed by atoms with Crippen molar-refractivity contribution in [3.05, 3.63) is 27.2 Å². The van der Waals surface area contributed by atoms with Crippen molar-refractivity contribution in [2.24, 2.45) is 5.73 Å². The molecule has 0 radical (unpaired) electrons. The number of nitrogens with two attached hydrogens (primary N) is 1. The van der Waals surface area contributed by atoms with Gasteiger partial charge in [-0.3, -0.25) is 0 Å². The van der Waals surface area contributed by atoms with E-state index in [4.69, 9.17) is 34.3 Å². The summed E-state index contributed by atoms with van der Waals surface area (Å²) in [5.41, 5.74) is 6.21. The lowest BCUT2D eigenvalue weighted by Gasteiger charge is -2.07. The van der Waals surface area contributed by atoms with Gasteiger partial charge in [0, 0.05) is 10.0 Å². The normalized spacial score (nSPS) is 9.77. The molecule has 0 bridgehead atoms. The molecule has 0 unspecified atom stereocenters. The van der Waals surface area contributed by atoms with E-state index >= 15 is 0 Å². The summed E-state index contributed by atoms with van der Waals surface area (Å²) in [6.45, 7) is 0. The molecule has 1 aromatic rings. The zero-order chi connectivity index (χ0) is 10.0. The van der Waals surface area contributed by atoms with E-state index in [1.807, 2.05) is 0 Å². The van der Waals surface area contributed by atoms with Gasteiger partial charge in [-0.2, -0.15) is 0 Å². The Morgan fingerprint density at radius 1 is 1.62 bits per heavy atom. The summed E-state index contributed by atoms with van der Waals surface area (Å²) >= 11 is 14.0. The molecule has 2 nitrogen and oxygen atoms in total. The van der Waals surface area contributed by atoms with Gasteiger partial charge in [-0.15, -0.1) is 0 Å². The monoisotopic (exact) mass is 279 g/mol. The van der Waals surface area contributed by atoms with E-state index in [1.54, 1.807) is 19.2 Å². The molecular formula is C8H7BrClNOS. The minimum Gasteiger partial charge on any atom is -0.495 e. The molecule has 0 heterocycles. The molecule has 2 N–H and O–H groups in total. The van der Waals surface area contributed by atoms with Gasteiger partial charge in [0.1, 0.15) is 10.7 Å². The lowest BCUT2D eigenvalue weighted by molar-refractivity contribution is 0.415. The van der Waals surface area contributed by atoms with Gasteiger partial charge in [0.2, 0.25) is 0 Å². The maximum atomic E-state index is 5.87. The molecule has 0 aliphatic carbocycles. The second-order valence-electron chi connectivity index (χ2n) is 2.33. The Kier molecular flexibility index (Phi) is 3.53. The second-order valence-corrected chi connectivity index (χ2v) is 4.03. The molecule has 0 aromatic heterocycles. The van der Waals surface area contributed by atoms with Gasteiger partial charge >= 0.3 is 0 Å². The summed E-state index contributed by atoms with van der Waals surface area (Å²) in [7, 11) is 1.54. The van der Waals surface area contributed by atoms with Gasteiger partial charge < -0.3 is 10.5 Å². The van der Waals surface area contributed by atoms with Crippen molar-refractivity contribution in [1.82, 2.24) is 0 Å². The maximum absolute atomic E-state index is 5.87. The minimum absolute atomic E-state index is 0.307. The number of rotatable bonds is 2. The number of hydrogen-bond acceptors (Lipinski definition) is 2. The highest BCUT2D eigenvalue weighted by Gasteiger charge is 2.08. The van der Waals surface area contributed by atoms with Crippen molar-refractivity contribution < 1.29 is 4.74 Å². The van der Waals surface area contributed by atoms with Crippen molar-refractivity contribution in [2.75, 3.05) is 7.11 Å². The molecule has 0 atom stereocenters. The van der Waals surface area contributed by atoms with Gasteiger partial charge in [0.25, 0.3) is 0 Å². The van der Waals surface area contributed by atoms with E-state index in [1.165, 1.54) is 0 Å². The molecule has 0 saturated carbocycles. The smallest absolute Gasteiger partial charge is 0.138 e. The van der Waals surface area contributed by atoms with E-state index in [0.29, 0.717) is 15.8 Å². The van der Waals surface area contributed by atoms with E-state index in [0.717, 1.165) is 10.0 Å². The molecule has 13 heavy (non-hydrogen) atoms. The Balaban J connectivity index is 3.30. The van der Waals surface area contributed by atoms with Crippen LogP contribution >= 0.6 is 39.7 Å². The molecule has 1 rings (SSSR count). The Hall–Kier alpha value is -0.320.